The van der Waals surface area contributed by atoms with E-state index in [4.69, 9.17) is 9.15 Å². The molecule has 6 heteroatoms. The fourth-order valence-electron chi connectivity index (χ4n) is 4.34. The number of oxazole rings is 1. The number of benzene rings is 2. The largest absolute Gasteiger partial charge is 0.420 e. The molecule has 1 saturated heterocycles. The summed E-state index contributed by atoms with van der Waals surface area (Å²) < 4.78 is 12.3. The summed E-state index contributed by atoms with van der Waals surface area (Å²) in [6, 6.07) is 14.8. The number of carbonyl (C=O) groups excluding carboxylic acids is 1. The van der Waals surface area contributed by atoms with E-state index < -0.39 is 11.8 Å². The summed E-state index contributed by atoms with van der Waals surface area (Å²) in [6.45, 7) is 5.68. The molecule has 3 aromatic rings. The van der Waals surface area contributed by atoms with Crippen molar-refractivity contribution in [2.75, 3.05) is 19.8 Å². The van der Waals surface area contributed by atoms with Gasteiger partial charge < -0.3 is 14.5 Å². The van der Waals surface area contributed by atoms with Gasteiger partial charge in [-0.2, -0.15) is 0 Å². The van der Waals surface area contributed by atoms with Crippen LogP contribution in [0.25, 0.3) is 11.1 Å². The first-order valence-electron chi connectivity index (χ1n) is 10.0. The van der Waals surface area contributed by atoms with Crippen molar-refractivity contribution < 1.29 is 13.9 Å². The highest BCUT2D eigenvalue weighted by atomic mass is 16.5. The number of ether oxygens (including phenoxy) is 1. The summed E-state index contributed by atoms with van der Waals surface area (Å²) in [5.41, 5.74) is 3.41. The van der Waals surface area contributed by atoms with Crippen LogP contribution in [0.1, 0.15) is 36.9 Å². The summed E-state index contributed by atoms with van der Waals surface area (Å²) in [5.74, 6) is -0.716. The zero-order valence-electron chi connectivity index (χ0n) is 16.8. The van der Waals surface area contributed by atoms with E-state index >= 15 is 0 Å². The molecule has 1 atom stereocenters. The molecule has 1 aliphatic heterocycles. The molecule has 0 radical (unpaired) electrons. The highest BCUT2D eigenvalue weighted by molar-refractivity contribution is 5.83. The van der Waals surface area contributed by atoms with Crippen LogP contribution in [0.3, 0.4) is 0 Å². The molecular weight excluding hydrogens is 368 g/mol. The first-order chi connectivity index (χ1) is 14.0. The van der Waals surface area contributed by atoms with Gasteiger partial charge in [-0.05, 0) is 49.9 Å². The smallest absolute Gasteiger partial charge is 0.408 e. The number of nitrogens with zero attached hydrogens (tertiary/aromatic N) is 1. The Bertz CT molecular complexity index is 1080. The number of aromatic nitrogens is 1. The van der Waals surface area contributed by atoms with Crippen molar-refractivity contribution in [2.45, 2.75) is 38.1 Å². The number of hydrogen-bond donors (Lipinski definition) is 1. The lowest BCUT2D eigenvalue weighted by Gasteiger charge is -2.39. The van der Waals surface area contributed by atoms with Crippen molar-refractivity contribution in [1.29, 1.82) is 0 Å². The molecule has 0 aliphatic carbocycles. The lowest BCUT2D eigenvalue weighted by molar-refractivity contribution is -0.124. The Morgan fingerprint density at radius 1 is 1.14 bits per heavy atom. The second-order valence-corrected chi connectivity index (χ2v) is 7.81. The average molecular weight is 394 g/mol. The van der Waals surface area contributed by atoms with Crippen LogP contribution in [0.15, 0.2) is 57.7 Å². The molecule has 152 valence electrons. The summed E-state index contributed by atoms with van der Waals surface area (Å²) in [4.78, 5) is 25.3. The van der Waals surface area contributed by atoms with Gasteiger partial charge >= 0.3 is 5.76 Å². The molecule has 2 aromatic carbocycles. The van der Waals surface area contributed by atoms with Crippen molar-refractivity contribution >= 4 is 17.0 Å². The van der Waals surface area contributed by atoms with Gasteiger partial charge in [-0.25, -0.2) is 4.79 Å². The number of amides is 1. The van der Waals surface area contributed by atoms with Crippen molar-refractivity contribution in [3.05, 3.63) is 70.2 Å². The lowest BCUT2D eigenvalue weighted by atomic mass is 9.72. The zero-order chi connectivity index (χ0) is 20.4. The Labute approximate surface area is 169 Å². The number of nitrogens with one attached hydrogen (secondary N) is 1. The van der Waals surface area contributed by atoms with Gasteiger partial charge in [0, 0.05) is 25.2 Å². The van der Waals surface area contributed by atoms with E-state index in [-0.39, 0.29) is 11.3 Å². The maximum Gasteiger partial charge on any atom is 0.420 e. The fourth-order valence-corrected chi connectivity index (χ4v) is 4.34. The maximum absolute atomic E-state index is 13.0. The minimum Gasteiger partial charge on any atom is -0.408 e. The van der Waals surface area contributed by atoms with E-state index in [9.17, 15) is 9.59 Å². The van der Waals surface area contributed by atoms with E-state index in [2.05, 4.69) is 24.4 Å². The molecule has 1 aliphatic rings. The third-order valence-electron chi connectivity index (χ3n) is 6.05. The molecule has 1 amide bonds. The normalized spacial score (nSPS) is 17.2. The quantitative estimate of drug-likeness (QED) is 0.720. The molecule has 2 heterocycles. The second-order valence-electron chi connectivity index (χ2n) is 7.81. The molecule has 1 N–H and O–H groups in total. The van der Waals surface area contributed by atoms with E-state index in [1.807, 2.05) is 18.2 Å². The summed E-state index contributed by atoms with van der Waals surface area (Å²) >= 11 is 0. The van der Waals surface area contributed by atoms with Gasteiger partial charge in [-0.1, -0.05) is 36.4 Å². The fraction of sp³-hybridized carbons (Fsp3) is 0.391. The highest BCUT2D eigenvalue weighted by Crippen LogP contribution is 2.36. The van der Waals surface area contributed by atoms with Gasteiger partial charge in [0.2, 0.25) is 5.91 Å². The van der Waals surface area contributed by atoms with Gasteiger partial charge in [0.15, 0.2) is 5.58 Å². The molecule has 0 bridgehead atoms. The number of rotatable bonds is 5. The van der Waals surface area contributed by atoms with Crippen LogP contribution < -0.4 is 11.1 Å². The van der Waals surface area contributed by atoms with Crippen LogP contribution in [-0.4, -0.2) is 30.2 Å². The van der Waals surface area contributed by atoms with Gasteiger partial charge in [-0.3, -0.25) is 9.36 Å². The van der Waals surface area contributed by atoms with E-state index in [1.54, 1.807) is 25.1 Å². The first kappa shape index (κ1) is 19.5. The predicted molar refractivity (Wildman–Crippen MR) is 111 cm³/mol. The minimum absolute atomic E-state index is 0.164. The van der Waals surface area contributed by atoms with Crippen LogP contribution in [0, 0.1) is 6.92 Å². The molecule has 0 saturated carbocycles. The molecule has 6 nitrogen and oxygen atoms in total. The Hall–Kier alpha value is -2.86. The van der Waals surface area contributed by atoms with Gasteiger partial charge in [0.05, 0.1) is 5.52 Å². The summed E-state index contributed by atoms with van der Waals surface area (Å²) in [6.07, 6.45) is 1.70. The van der Waals surface area contributed by atoms with Crippen LogP contribution in [0.4, 0.5) is 0 Å². The SMILES string of the molecule is Cc1ccccc1C1(CNC(=O)[C@@H](C)n2c(=O)oc3ccccc32)CCOCC1. The Kier molecular flexibility index (Phi) is 5.28. The number of hydrogen-bond acceptors (Lipinski definition) is 4. The zero-order valence-corrected chi connectivity index (χ0v) is 16.8. The average Bonchev–Trinajstić information content (AvgIpc) is 3.08. The van der Waals surface area contributed by atoms with Crippen molar-refractivity contribution in [3.8, 4) is 0 Å². The van der Waals surface area contributed by atoms with Crippen LogP contribution in [-0.2, 0) is 14.9 Å². The third-order valence-corrected chi connectivity index (χ3v) is 6.05. The molecule has 1 aromatic heterocycles. The first-order valence-corrected chi connectivity index (χ1v) is 10.0. The topological polar surface area (TPSA) is 73.5 Å². The molecular formula is C23H26N2O4. The maximum atomic E-state index is 13.0. The standard InChI is InChI=1S/C23H26N2O4/c1-16-7-3-4-8-18(16)23(11-13-28-14-12-23)15-24-21(26)17(2)25-19-9-5-6-10-20(19)29-22(25)27/h3-10,17H,11-15H2,1-2H3,(H,24,26)/t17-/m1/s1. The number of para-hydroxylation sites is 2. The van der Waals surface area contributed by atoms with E-state index in [0.29, 0.717) is 30.9 Å². The van der Waals surface area contributed by atoms with Gasteiger partial charge in [0.1, 0.15) is 6.04 Å². The summed E-state index contributed by atoms with van der Waals surface area (Å²) in [7, 11) is 0. The predicted octanol–water partition coefficient (Wildman–Crippen LogP) is 3.33. The molecule has 1 fully saturated rings. The van der Waals surface area contributed by atoms with Crippen molar-refractivity contribution in [3.63, 3.8) is 0 Å². The number of carbonyl (C=O) groups is 1. The van der Waals surface area contributed by atoms with Gasteiger partial charge in [-0.15, -0.1) is 0 Å². The third kappa shape index (κ3) is 3.60. The van der Waals surface area contributed by atoms with E-state index in [0.717, 1.165) is 12.8 Å². The highest BCUT2D eigenvalue weighted by Gasteiger charge is 2.36. The van der Waals surface area contributed by atoms with Crippen LogP contribution >= 0.6 is 0 Å². The molecule has 29 heavy (non-hydrogen) atoms. The second kappa shape index (κ2) is 7.87. The monoisotopic (exact) mass is 394 g/mol. The van der Waals surface area contributed by atoms with Crippen LogP contribution in [0.2, 0.25) is 0 Å². The van der Waals surface area contributed by atoms with Gasteiger partial charge in [0.25, 0.3) is 0 Å². The molecule has 4 rings (SSSR count). The number of fused-ring (bicyclic) bond motifs is 1. The summed E-state index contributed by atoms with van der Waals surface area (Å²) in [5, 5.41) is 3.10. The Morgan fingerprint density at radius 3 is 2.59 bits per heavy atom. The number of aryl methyl sites for hydroxylation is 1. The lowest BCUT2D eigenvalue weighted by Crippen LogP contribution is -2.46. The van der Waals surface area contributed by atoms with Crippen molar-refractivity contribution in [1.82, 2.24) is 9.88 Å². The van der Waals surface area contributed by atoms with Crippen molar-refractivity contribution in [2.24, 2.45) is 0 Å². The Balaban J connectivity index is 1.58. The molecule has 0 unspecified atom stereocenters. The van der Waals surface area contributed by atoms with Crippen LogP contribution in [0.5, 0.6) is 0 Å². The molecule has 0 spiro atoms. The van der Waals surface area contributed by atoms with E-state index in [1.165, 1.54) is 15.7 Å². The minimum atomic E-state index is -0.667. The Morgan fingerprint density at radius 2 is 1.83 bits per heavy atom.